The maximum Gasteiger partial charge on any atom is 0.227 e. The molecule has 0 fully saturated rings. The quantitative estimate of drug-likeness (QED) is 0.905. The molecule has 4 nitrogen and oxygen atoms in total. The SMILES string of the molecule is CCN(CC)c1nc(C)cc(Nc2ccc(F)cc2)n1. The molecule has 5 heteroatoms. The smallest absolute Gasteiger partial charge is 0.227 e. The third-order valence-corrected chi connectivity index (χ3v) is 3.01. The molecule has 0 saturated carbocycles. The van der Waals surface area contributed by atoms with Gasteiger partial charge in [-0.15, -0.1) is 0 Å². The minimum atomic E-state index is -0.252. The molecule has 0 aliphatic rings. The summed E-state index contributed by atoms with van der Waals surface area (Å²) in [5, 5.41) is 3.17. The first-order valence-electron chi connectivity index (χ1n) is 6.75. The highest BCUT2D eigenvalue weighted by atomic mass is 19.1. The minimum absolute atomic E-state index is 0.252. The Morgan fingerprint density at radius 2 is 1.75 bits per heavy atom. The van der Waals surface area contributed by atoms with Gasteiger partial charge in [0.15, 0.2) is 0 Å². The second kappa shape index (κ2) is 6.32. The molecule has 1 aromatic carbocycles. The topological polar surface area (TPSA) is 41.1 Å². The maximum absolute atomic E-state index is 12.9. The van der Waals surface area contributed by atoms with Gasteiger partial charge in [-0.2, -0.15) is 4.98 Å². The predicted molar refractivity (Wildman–Crippen MR) is 80.0 cm³/mol. The van der Waals surface area contributed by atoms with E-state index in [1.165, 1.54) is 12.1 Å². The highest BCUT2D eigenvalue weighted by Crippen LogP contribution is 2.18. The monoisotopic (exact) mass is 274 g/mol. The zero-order valence-electron chi connectivity index (χ0n) is 12.0. The molecule has 0 bridgehead atoms. The second-order valence-electron chi connectivity index (χ2n) is 4.50. The molecular formula is C15H19FN4. The summed E-state index contributed by atoms with van der Waals surface area (Å²) < 4.78 is 12.9. The lowest BCUT2D eigenvalue weighted by molar-refractivity contribution is 0.628. The first kappa shape index (κ1) is 14.2. The third-order valence-electron chi connectivity index (χ3n) is 3.01. The van der Waals surface area contributed by atoms with Gasteiger partial charge in [-0.25, -0.2) is 9.37 Å². The highest BCUT2D eigenvalue weighted by Gasteiger charge is 2.08. The van der Waals surface area contributed by atoms with Crippen molar-refractivity contribution in [3.8, 4) is 0 Å². The number of benzene rings is 1. The van der Waals surface area contributed by atoms with Crippen LogP contribution in [0.5, 0.6) is 0 Å². The van der Waals surface area contributed by atoms with Crippen LogP contribution in [-0.4, -0.2) is 23.1 Å². The van der Waals surface area contributed by atoms with Crippen LogP contribution >= 0.6 is 0 Å². The second-order valence-corrected chi connectivity index (χ2v) is 4.50. The van der Waals surface area contributed by atoms with Crippen molar-refractivity contribution in [2.45, 2.75) is 20.8 Å². The third kappa shape index (κ3) is 3.44. The van der Waals surface area contributed by atoms with E-state index in [2.05, 4.69) is 34.0 Å². The number of aromatic nitrogens is 2. The molecular weight excluding hydrogens is 255 g/mol. The van der Waals surface area contributed by atoms with Gasteiger partial charge in [0.25, 0.3) is 0 Å². The lowest BCUT2D eigenvalue weighted by atomic mass is 10.3. The van der Waals surface area contributed by atoms with Crippen molar-refractivity contribution >= 4 is 17.5 Å². The van der Waals surface area contributed by atoms with Gasteiger partial charge in [-0.1, -0.05) is 0 Å². The van der Waals surface area contributed by atoms with Crippen LogP contribution in [0.15, 0.2) is 30.3 Å². The Balaban J connectivity index is 2.25. The summed E-state index contributed by atoms with van der Waals surface area (Å²) in [7, 11) is 0. The standard InChI is InChI=1S/C15H19FN4/c1-4-20(5-2)15-17-11(3)10-14(19-15)18-13-8-6-12(16)7-9-13/h6-10H,4-5H2,1-3H3,(H,17,18,19). The van der Waals surface area contributed by atoms with Crippen molar-refractivity contribution < 1.29 is 4.39 Å². The molecule has 20 heavy (non-hydrogen) atoms. The first-order chi connectivity index (χ1) is 9.62. The molecule has 0 spiro atoms. The summed E-state index contributed by atoms with van der Waals surface area (Å²) in [4.78, 5) is 11.0. The van der Waals surface area contributed by atoms with Crippen molar-refractivity contribution in [2.75, 3.05) is 23.3 Å². The van der Waals surface area contributed by atoms with E-state index in [-0.39, 0.29) is 5.82 Å². The van der Waals surface area contributed by atoms with E-state index in [4.69, 9.17) is 0 Å². The van der Waals surface area contributed by atoms with Crippen molar-refractivity contribution in [1.82, 2.24) is 9.97 Å². The molecule has 2 rings (SSSR count). The average molecular weight is 274 g/mol. The van der Waals surface area contributed by atoms with Gasteiger partial charge in [0.1, 0.15) is 11.6 Å². The molecule has 1 aromatic heterocycles. The van der Waals surface area contributed by atoms with E-state index in [9.17, 15) is 4.39 Å². The maximum atomic E-state index is 12.9. The summed E-state index contributed by atoms with van der Waals surface area (Å²) in [5.74, 6) is 1.17. The van der Waals surface area contributed by atoms with Crippen LogP contribution in [0.1, 0.15) is 19.5 Å². The van der Waals surface area contributed by atoms with Crippen LogP contribution in [0.2, 0.25) is 0 Å². The zero-order valence-corrected chi connectivity index (χ0v) is 12.0. The molecule has 0 saturated heterocycles. The predicted octanol–water partition coefficient (Wildman–Crippen LogP) is 3.51. The lowest BCUT2D eigenvalue weighted by Gasteiger charge is -2.19. The fraction of sp³-hybridized carbons (Fsp3) is 0.333. The summed E-state index contributed by atoms with van der Waals surface area (Å²) in [6, 6.07) is 8.08. The van der Waals surface area contributed by atoms with Crippen LogP contribution in [-0.2, 0) is 0 Å². The first-order valence-corrected chi connectivity index (χ1v) is 6.75. The van der Waals surface area contributed by atoms with Crippen LogP contribution in [0.3, 0.4) is 0 Å². The molecule has 0 unspecified atom stereocenters. The average Bonchev–Trinajstić information content (AvgIpc) is 2.42. The number of nitrogens with one attached hydrogen (secondary N) is 1. The van der Waals surface area contributed by atoms with Gasteiger partial charge in [0.2, 0.25) is 5.95 Å². The van der Waals surface area contributed by atoms with Gasteiger partial charge < -0.3 is 10.2 Å². The van der Waals surface area contributed by atoms with Gasteiger partial charge in [-0.3, -0.25) is 0 Å². The molecule has 0 atom stereocenters. The Labute approximate surface area is 118 Å². The Hall–Kier alpha value is -2.17. The van der Waals surface area contributed by atoms with Crippen molar-refractivity contribution in [2.24, 2.45) is 0 Å². The summed E-state index contributed by atoms with van der Waals surface area (Å²) >= 11 is 0. The van der Waals surface area contributed by atoms with Crippen molar-refractivity contribution in [3.63, 3.8) is 0 Å². The van der Waals surface area contributed by atoms with E-state index in [1.54, 1.807) is 12.1 Å². The molecule has 0 aliphatic carbocycles. The molecule has 0 aliphatic heterocycles. The number of hydrogen-bond donors (Lipinski definition) is 1. The Morgan fingerprint density at radius 3 is 2.35 bits per heavy atom. The Bertz CT molecular complexity index is 565. The van der Waals surface area contributed by atoms with Crippen LogP contribution < -0.4 is 10.2 Å². The molecule has 0 amide bonds. The Kier molecular flexibility index (Phi) is 4.50. The summed E-state index contributed by atoms with van der Waals surface area (Å²) in [5.41, 5.74) is 1.70. The fourth-order valence-electron chi connectivity index (χ4n) is 1.95. The van der Waals surface area contributed by atoms with E-state index >= 15 is 0 Å². The number of hydrogen-bond acceptors (Lipinski definition) is 4. The molecule has 1 N–H and O–H groups in total. The minimum Gasteiger partial charge on any atom is -0.341 e. The number of nitrogens with zero attached hydrogens (tertiary/aromatic N) is 3. The fourth-order valence-corrected chi connectivity index (χ4v) is 1.95. The van der Waals surface area contributed by atoms with Crippen LogP contribution in [0, 0.1) is 12.7 Å². The molecule has 0 radical (unpaired) electrons. The van der Waals surface area contributed by atoms with E-state index in [0.29, 0.717) is 11.8 Å². The molecule has 2 aromatic rings. The van der Waals surface area contributed by atoms with Gasteiger partial charge >= 0.3 is 0 Å². The zero-order chi connectivity index (χ0) is 14.5. The number of anilines is 3. The van der Waals surface area contributed by atoms with Gasteiger partial charge in [0, 0.05) is 30.5 Å². The van der Waals surface area contributed by atoms with Crippen molar-refractivity contribution in [3.05, 3.63) is 41.8 Å². The Morgan fingerprint density at radius 1 is 1.10 bits per heavy atom. The summed E-state index contributed by atoms with van der Waals surface area (Å²) in [6.07, 6.45) is 0. The normalized spacial score (nSPS) is 10.4. The largest absolute Gasteiger partial charge is 0.341 e. The molecule has 1 heterocycles. The highest BCUT2D eigenvalue weighted by molar-refractivity contribution is 5.57. The van der Waals surface area contributed by atoms with E-state index < -0.39 is 0 Å². The van der Waals surface area contributed by atoms with Gasteiger partial charge in [-0.05, 0) is 45.0 Å². The number of rotatable bonds is 5. The van der Waals surface area contributed by atoms with Crippen LogP contribution in [0.4, 0.5) is 21.8 Å². The van der Waals surface area contributed by atoms with Gasteiger partial charge in [0.05, 0.1) is 0 Å². The van der Waals surface area contributed by atoms with E-state index in [1.807, 2.05) is 13.0 Å². The van der Waals surface area contributed by atoms with Crippen LogP contribution in [0.25, 0.3) is 0 Å². The van der Waals surface area contributed by atoms with E-state index in [0.717, 1.165) is 24.5 Å². The lowest BCUT2D eigenvalue weighted by Crippen LogP contribution is -2.24. The molecule has 106 valence electrons. The number of aryl methyl sites for hydroxylation is 1. The summed E-state index contributed by atoms with van der Waals surface area (Å²) in [6.45, 7) is 7.79. The number of halogens is 1. The van der Waals surface area contributed by atoms with Crippen molar-refractivity contribution in [1.29, 1.82) is 0 Å².